The Morgan fingerprint density at radius 3 is 3.12 bits per heavy atom. The first kappa shape index (κ1) is 15.4. The Bertz CT molecular complexity index is 806. The van der Waals surface area contributed by atoms with Crippen LogP contribution in [0.15, 0.2) is 42.7 Å². The van der Waals surface area contributed by atoms with Gasteiger partial charge in [0.15, 0.2) is 0 Å². The van der Waals surface area contributed by atoms with Crippen LogP contribution in [0.4, 0.5) is 0 Å². The van der Waals surface area contributed by atoms with Crippen LogP contribution in [0.1, 0.15) is 30.0 Å². The zero-order chi connectivity index (χ0) is 16.4. The first-order chi connectivity index (χ1) is 11.8. The summed E-state index contributed by atoms with van der Waals surface area (Å²) in [5.74, 6) is 0.488. The summed E-state index contributed by atoms with van der Waals surface area (Å²) in [7, 11) is 0. The second kappa shape index (κ2) is 6.79. The topological polar surface area (TPSA) is 57.1 Å². The van der Waals surface area contributed by atoms with Gasteiger partial charge in [0.05, 0.1) is 18.8 Å². The van der Waals surface area contributed by atoms with Gasteiger partial charge >= 0.3 is 0 Å². The summed E-state index contributed by atoms with van der Waals surface area (Å²) in [5, 5.41) is 15.0. The SMILES string of the molecule is OCCn1ccc([C@H]2CCCN(Cc3cccc4cc[nH]c34)C2)n1. The number of aliphatic hydroxyl groups excluding tert-OH is 1. The molecule has 0 aliphatic carbocycles. The monoisotopic (exact) mass is 324 g/mol. The Morgan fingerprint density at radius 1 is 1.25 bits per heavy atom. The minimum absolute atomic E-state index is 0.137. The number of H-pyrrole nitrogens is 1. The molecule has 3 aromatic rings. The average molecular weight is 324 g/mol. The van der Waals surface area contributed by atoms with Gasteiger partial charge in [-0.25, -0.2) is 0 Å². The summed E-state index contributed by atoms with van der Waals surface area (Å²) in [6, 6.07) is 10.8. The van der Waals surface area contributed by atoms with Crippen molar-refractivity contribution in [3.8, 4) is 0 Å². The normalized spacial score (nSPS) is 19.1. The number of rotatable bonds is 5. The minimum atomic E-state index is 0.137. The molecule has 4 rings (SSSR count). The molecule has 0 unspecified atom stereocenters. The Labute approximate surface area is 141 Å². The van der Waals surface area contributed by atoms with Crippen LogP contribution in [0.2, 0.25) is 0 Å². The molecule has 5 nitrogen and oxygen atoms in total. The maximum absolute atomic E-state index is 9.04. The zero-order valence-electron chi connectivity index (χ0n) is 13.9. The lowest BCUT2D eigenvalue weighted by atomic mass is 9.94. The molecular weight excluding hydrogens is 300 g/mol. The molecule has 1 aliphatic rings. The van der Waals surface area contributed by atoms with Gasteiger partial charge in [-0.15, -0.1) is 0 Å². The number of hydrogen-bond donors (Lipinski definition) is 2. The molecule has 1 atom stereocenters. The fraction of sp³-hybridized carbons (Fsp3) is 0.421. The molecule has 1 fully saturated rings. The summed E-state index contributed by atoms with van der Waals surface area (Å²) in [5.41, 5.74) is 3.78. The minimum Gasteiger partial charge on any atom is -0.394 e. The molecule has 0 bridgehead atoms. The summed E-state index contributed by atoms with van der Waals surface area (Å²) < 4.78 is 1.84. The highest BCUT2D eigenvalue weighted by atomic mass is 16.3. The number of nitrogens with zero attached hydrogens (tertiary/aromatic N) is 3. The van der Waals surface area contributed by atoms with Crippen molar-refractivity contribution in [3.05, 3.63) is 54.0 Å². The van der Waals surface area contributed by atoms with Crippen molar-refractivity contribution >= 4 is 10.9 Å². The molecule has 1 aliphatic heterocycles. The largest absolute Gasteiger partial charge is 0.394 e. The van der Waals surface area contributed by atoms with E-state index >= 15 is 0 Å². The molecule has 24 heavy (non-hydrogen) atoms. The van der Waals surface area contributed by atoms with Crippen molar-refractivity contribution in [1.82, 2.24) is 19.7 Å². The molecule has 2 N–H and O–H groups in total. The first-order valence-electron chi connectivity index (χ1n) is 8.75. The van der Waals surface area contributed by atoms with Gasteiger partial charge in [-0.05, 0) is 42.5 Å². The number of aromatic nitrogens is 3. The van der Waals surface area contributed by atoms with Crippen LogP contribution < -0.4 is 0 Å². The van der Waals surface area contributed by atoms with Gasteiger partial charge < -0.3 is 10.1 Å². The van der Waals surface area contributed by atoms with Gasteiger partial charge in [0.2, 0.25) is 0 Å². The molecule has 126 valence electrons. The van der Waals surface area contributed by atoms with Gasteiger partial charge in [-0.3, -0.25) is 9.58 Å². The lowest BCUT2D eigenvalue weighted by molar-refractivity contribution is 0.198. The Hall–Kier alpha value is -2.11. The number of likely N-dealkylation sites (tertiary alicyclic amines) is 1. The van der Waals surface area contributed by atoms with Crippen LogP contribution in [0.5, 0.6) is 0 Å². The predicted molar refractivity (Wildman–Crippen MR) is 94.9 cm³/mol. The van der Waals surface area contributed by atoms with E-state index in [9.17, 15) is 0 Å². The van der Waals surface area contributed by atoms with Crippen LogP contribution in [0.3, 0.4) is 0 Å². The van der Waals surface area contributed by atoms with E-state index in [-0.39, 0.29) is 6.61 Å². The Morgan fingerprint density at radius 2 is 2.21 bits per heavy atom. The first-order valence-corrected chi connectivity index (χ1v) is 8.75. The van der Waals surface area contributed by atoms with Gasteiger partial charge in [-0.1, -0.05) is 18.2 Å². The molecule has 1 aromatic carbocycles. The third-order valence-electron chi connectivity index (χ3n) is 4.98. The van der Waals surface area contributed by atoms with E-state index in [2.05, 4.69) is 45.3 Å². The highest BCUT2D eigenvalue weighted by molar-refractivity contribution is 5.82. The summed E-state index contributed by atoms with van der Waals surface area (Å²) in [4.78, 5) is 5.91. The highest BCUT2D eigenvalue weighted by Crippen LogP contribution is 2.27. The second-order valence-corrected chi connectivity index (χ2v) is 6.66. The summed E-state index contributed by atoms with van der Waals surface area (Å²) >= 11 is 0. The van der Waals surface area contributed by atoms with E-state index in [4.69, 9.17) is 5.11 Å². The third-order valence-corrected chi connectivity index (χ3v) is 4.98. The molecule has 5 heteroatoms. The number of aromatic amines is 1. The van der Waals surface area contributed by atoms with Crippen LogP contribution in [-0.2, 0) is 13.1 Å². The van der Waals surface area contributed by atoms with Gasteiger partial charge in [0.25, 0.3) is 0 Å². The standard InChI is InChI=1S/C19H24N4O/c24-12-11-23-10-7-18(21-23)16-5-2-9-22(13-16)14-17-4-1-3-15-6-8-20-19(15)17/h1,3-4,6-8,10,16,20,24H,2,5,9,11-14H2/t16-/m0/s1. The van der Waals surface area contributed by atoms with Crippen molar-refractivity contribution in [2.45, 2.75) is 31.8 Å². The van der Waals surface area contributed by atoms with E-state index < -0.39 is 0 Å². The van der Waals surface area contributed by atoms with Gasteiger partial charge in [0, 0.05) is 36.9 Å². The number of aliphatic hydroxyl groups is 1. The molecule has 3 heterocycles. The third kappa shape index (κ3) is 3.09. The predicted octanol–water partition coefficient (Wildman–Crippen LogP) is 2.74. The second-order valence-electron chi connectivity index (χ2n) is 6.66. The fourth-order valence-corrected chi connectivity index (χ4v) is 3.79. The quantitative estimate of drug-likeness (QED) is 0.759. The van der Waals surface area contributed by atoms with Crippen molar-refractivity contribution in [2.75, 3.05) is 19.7 Å². The number of hydrogen-bond acceptors (Lipinski definition) is 3. The van der Waals surface area contributed by atoms with Crippen molar-refractivity contribution in [2.24, 2.45) is 0 Å². The Kier molecular flexibility index (Phi) is 4.36. The smallest absolute Gasteiger partial charge is 0.0668 e. The summed E-state index contributed by atoms with van der Waals surface area (Å²) in [6.07, 6.45) is 6.39. The van der Waals surface area contributed by atoms with E-state index in [0.29, 0.717) is 12.5 Å². The summed E-state index contributed by atoms with van der Waals surface area (Å²) in [6.45, 7) is 3.88. The van der Waals surface area contributed by atoms with Crippen molar-refractivity contribution in [1.29, 1.82) is 0 Å². The maximum atomic E-state index is 9.04. The lowest BCUT2D eigenvalue weighted by Gasteiger charge is -2.32. The van der Waals surface area contributed by atoms with Crippen molar-refractivity contribution in [3.63, 3.8) is 0 Å². The van der Waals surface area contributed by atoms with E-state index in [1.54, 1.807) is 0 Å². The average Bonchev–Trinajstić information content (AvgIpc) is 3.25. The molecule has 2 aromatic heterocycles. The fourth-order valence-electron chi connectivity index (χ4n) is 3.79. The maximum Gasteiger partial charge on any atom is 0.0668 e. The highest BCUT2D eigenvalue weighted by Gasteiger charge is 2.23. The number of benzene rings is 1. The molecule has 0 amide bonds. The van der Waals surface area contributed by atoms with Crippen LogP contribution >= 0.6 is 0 Å². The van der Waals surface area contributed by atoms with Gasteiger partial charge in [0.1, 0.15) is 0 Å². The zero-order valence-corrected chi connectivity index (χ0v) is 13.9. The van der Waals surface area contributed by atoms with Crippen LogP contribution in [0.25, 0.3) is 10.9 Å². The molecule has 1 saturated heterocycles. The van der Waals surface area contributed by atoms with E-state index in [1.165, 1.54) is 29.3 Å². The number of fused-ring (bicyclic) bond motifs is 1. The number of nitrogens with one attached hydrogen (secondary N) is 1. The number of para-hydroxylation sites is 1. The van der Waals surface area contributed by atoms with Crippen LogP contribution in [-0.4, -0.2) is 44.5 Å². The Balaban J connectivity index is 1.47. The molecule has 0 radical (unpaired) electrons. The van der Waals surface area contributed by atoms with E-state index in [0.717, 1.165) is 25.3 Å². The molecule has 0 saturated carbocycles. The number of piperidine rings is 1. The molecule has 0 spiro atoms. The molecular formula is C19H24N4O. The van der Waals surface area contributed by atoms with Crippen LogP contribution in [0, 0.1) is 0 Å². The van der Waals surface area contributed by atoms with Crippen molar-refractivity contribution < 1.29 is 5.11 Å². The van der Waals surface area contributed by atoms with E-state index in [1.807, 2.05) is 17.1 Å². The lowest BCUT2D eigenvalue weighted by Crippen LogP contribution is -2.34. The van der Waals surface area contributed by atoms with Gasteiger partial charge in [-0.2, -0.15) is 5.10 Å².